The molecule has 0 unspecified atom stereocenters. The van der Waals surface area contributed by atoms with Gasteiger partial charge in [0.25, 0.3) is 5.91 Å². The number of carbonyl (C=O) groups excluding carboxylic acids is 1. The Hall–Kier alpha value is -1.89. The van der Waals surface area contributed by atoms with Crippen LogP contribution in [0.3, 0.4) is 0 Å². The largest absolute Gasteiger partial charge is 0.451 e. The number of carbonyl (C=O) groups is 1. The van der Waals surface area contributed by atoms with Crippen LogP contribution in [0.25, 0.3) is 11.3 Å². The van der Waals surface area contributed by atoms with Crippen LogP contribution in [-0.4, -0.2) is 43.2 Å². The smallest absolute Gasteiger partial charge is 0.289 e. The summed E-state index contributed by atoms with van der Waals surface area (Å²) in [7, 11) is 0. The maximum Gasteiger partial charge on any atom is 0.289 e. The number of furan rings is 1. The highest BCUT2D eigenvalue weighted by Crippen LogP contribution is 2.26. The molecule has 0 bridgehead atoms. The monoisotopic (exact) mass is 382 g/mol. The van der Waals surface area contributed by atoms with Gasteiger partial charge < -0.3 is 19.8 Å². The van der Waals surface area contributed by atoms with Gasteiger partial charge in [0.1, 0.15) is 11.6 Å². The number of rotatable bonds is 6. The molecule has 26 heavy (non-hydrogen) atoms. The summed E-state index contributed by atoms with van der Waals surface area (Å²) in [4.78, 5) is 14.3. The fraction of sp³-hybridized carbons (Fsp3) is 0.421. The molecule has 1 aliphatic rings. The van der Waals surface area contributed by atoms with Crippen LogP contribution in [0, 0.1) is 5.82 Å². The van der Waals surface area contributed by atoms with Crippen molar-refractivity contribution in [1.82, 2.24) is 4.90 Å². The van der Waals surface area contributed by atoms with Gasteiger partial charge in [0.15, 0.2) is 5.76 Å². The SMILES string of the molecule is Cl.NCCCOC1CCN(C(=O)c2ccc(-c3ccccc3F)o2)CC1. The van der Waals surface area contributed by atoms with E-state index in [-0.39, 0.29) is 36.0 Å². The van der Waals surface area contributed by atoms with Gasteiger partial charge in [0, 0.05) is 19.7 Å². The summed E-state index contributed by atoms with van der Waals surface area (Å²) in [5.41, 5.74) is 5.81. The van der Waals surface area contributed by atoms with Gasteiger partial charge in [-0.05, 0) is 50.1 Å². The van der Waals surface area contributed by atoms with E-state index in [1.165, 1.54) is 6.07 Å². The fourth-order valence-electron chi connectivity index (χ4n) is 2.97. The van der Waals surface area contributed by atoms with E-state index in [0.717, 1.165) is 19.3 Å². The Labute approximate surface area is 158 Å². The Morgan fingerprint density at radius 1 is 1.23 bits per heavy atom. The van der Waals surface area contributed by atoms with Crippen LogP contribution >= 0.6 is 12.4 Å². The number of nitrogens with two attached hydrogens (primary N) is 1. The Bertz CT molecular complexity index is 714. The van der Waals surface area contributed by atoms with E-state index in [2.05, 4.69) is 0 Å². The first-order chi connectivity index (χ1) is 12.2. The lowest BCUT2D eigenvalue weighted by Crippen LogP contribution is -2.40. The van der Waals surface area contributed by atoms with Crippen LogP contribution in [0.4, 0.5) is 4.39 Å². The average molecular weight is 383 g/mol. The van der Waals surface area contributed by atoms with Crippen molar-refractivity contribution in [3.8, 4) is 11.3 Å². The summed E-state index contributed by atoms with van der Waals surface area (Å²) in [6.45, 7) is 2.54. The van der Waals surface area contributed by atoms with Gasteiger partial charge in [-0.15, -0.1) is 12.4 Å². The highest BCUT2D eigenvalue weighted by molar-refractivity contribution is 5.92. The zero-order chi connectivity index (χ0) is 17.6. The van der Waals surface area contributed by atoms with Crippen molar-refractivity contribution in [3.05, 3.63) is 48.0 Å². The van der Waals surface area contributed by atoms with Crippen LogP contribution < -0.4 is 5.73 Å². The molecule has 0 aliphatic carbocycles. The maximum absolute atomic E-state index is 13.8. The van der Waals surface area contributed by atoms with Crippen molar-refractivity contribution in [1.29, 1.82) is 0 Å². The molecule has 0 atom stereocenters. The van der Waals surface area contributed by atoms with Gasteiger partial charge in [-0.2, -0.15) is 0 Å². The minimum absolute atomic E-state index is 0. The molecule has 1 aromatic carbocycles. The standard InChI is InChI=1S/C19H23FN2O3.ClH/c20-16-5-2-1-4-15(16)17-6-7-18(25-17)19(23)22-11-8-14(9-12-22)24-13-3-10-21;/h1-2,4-7,14H,3,8-13,21H2;1H. The fourth-order valence-corrected chi connectivity index (χ4v) is 2.97. The lowest BCUT2D eigenvalue weighted by Gasteiger charge is -2.31. The molecule has 1 aromatic heterocycles. The first kappa shape index (κ1) is 20.4. The lowest BCUT2D eigenvalue weighted by molar-refractivity contribution is 0.00766. The van der Waals surface area contributed by atoms with Gasteiger partial charge >= 0.3 is 0 Å². The molecular weight excluding hydrogens is 359 g/mol. The molecule has 142 valence electrons. The molecule has 3 rings (SSSR count). The van der Waals surface area contributed by atoms with E-state index in [1.54, 1.807) is 35.2 Å². The lowest BCUT2D eigenvalue weighted by atomic mass is 10.1. The van der Waals surface area contributed by atoms with Crippen LogP contribution in [0.2, 0.25) is 0 Å². The van der Waals surface area contributed by atoms with Crippen molar-refractivity contribution in [2.24, 2.45) is 5.73 Å². The number of piperidine rings is 1. The third kappa shape index (κ3) is 4.84. The third-order valence-electron chi connectivity index (χ3n) is 4.39. The van der Waals surface area contributed by atoms with Gasteiger partial charge in [0.2, 0.25) is 0 Å². The zero-order valence-electron chi connectivity index (χ0n) is 14.5. The van der Waals surface area contributed by atoms with Crippen LogP contribution in [0.5, 0.6) is 0 Å². The normalized spacial score (nSPS) is 14.9. The summed E-state index contributed by atoms with van der Waals surface area (Å²) in [5.74, 6) is 0.0662. The van der Waals surface area contributed by atoms with Crippen molar-refractivity contribution >= 4 is 18.3 Å². The molecule has 0 radical (unpaired) electrons. The van der Waals surface area contributed by atoms with E-state index in [1.807, 2.05) is 0 Å². The highest BCUT2D eigenvalue weighted by Gasteiger charge is 2.26. The van der Waals surface area contributed by atoms with Crippen molar-refractivity contribution in [2.75, 3.05) is 26.2 Å². The van der Waals surface area contributed by atoms with E-state index in [4.69, 9.17) is 14.9 Å². The summed E-state index contributed by atoms with van der Waals surface area (Å²) < 4.78 is 25.2. The van der Waals surface area contributed by atoms with E-state index in [0.29, 0.717) is 37.6 Å². The number of likely N-dealkylation sites (tertiary alicyclic amines) is 1. The second-order valence-electron chi connectivity index (χ2n) is 6.15. The maximum atomic E-state index is 13.8. The predicted molar refractivity (Wildman–Crippen MR) is 99.9 cm³/mol. The van der Waals surface area contributed by atoms with Crippen molar-refractivity contribution < 1.29 is 18.3 Å². The third-order valence-corrected chi connectivity index (χ3v) is 4.39. The Kier molecular flexibility index (Phi) is 7.63. The van der Waals surface area contributed by atoms with Crippen LogP contribution in [-0.2, 0) is 4.74 Å². The zero-order valence-corrected chi connectivity index (χ0v) is 15.3. The molecule has 0 saturated carbocycles. The Balaban J connectivity index is 0.00000243. The Morgan fingerprint density at radius 3 is 2.65 bits per heavy atom. The highest BCUT2D eigenvalue weighted by atomic mass is 35.5. The van der Waals surface area contributed by atoms with Gasteiger partial charge in [0.05, 0.1) is 11.7 Å². The van der Waals surface area contributed by atoms with Crippen molar-refractivity contribution in [3.63, 3.8) is 0 Å². The molecule has 2 aromatic rings. The molecule has 1 amide bonds. The van der Waals surface area contributed by atoms with E-state index < -0.39 is 0 Å². The number of benzene rings is 1. The number of ether oxygens (including phenoxy) is 1. The second kappa shape index (κ2) is 9.71. The van der Waals surface area contributed by atoms with Crippen LogP contribution in [0.1, 0.15) is 29.8 Å². The molecular formula is C19H24ClFN2O3. The summed E-state index contributed by atoms with van der Waals surface area (Å²) in [5, 5.41) is 0. The van der Waals surface area contributed by atoms with Gasteiger partial charge in [-0.3, -0.25) is 4.79 Å². The van der Waals surface area contributed by atoms with Crippen molar-refractivity contribution in [2.45, 2.75) is 25.4 Å². The Morgan fingerprint density at radius 2 is 1.96 bits per heavy atom. The molecule has 1 aliphatic heterocycles. The predicted octanol–water partition coefficient (Wildman–Crippen LogP) is 3.48. The molecule has 1 fully saturated rings. The molecule has 2 heterocycles. The quantitative estimate of drug-likeness (QED) is 0.776. The summed E-state index contributed by atoms with van der Waals surface area (Å²) in [6, 6.07) is 9.59. The van der Waals surface area contributed by atoms with Gasteiger partial charge in [-0.1, -0.05) is 12.1 Å². The van der Waals surface area contributed by atoms with E-state index in [9.17, 15) is 9.18 Å². The number of halogens is 2. The minimum Gasteiger partial charge on any atom is -0.451 e. The molecule has 0 spiro atoms. The number of hydrogen-bond donors (Lipinski definition) is 1. The molecule has 5 nitrogen and oxygen atoms in total. The number of amides is 1. The molecule has 7 heteroatoms. The molecule has 2 N–H and O–H groups in total. The second-order valence-corrected chi connectivity index (χ2v) is 6.15. The topological polar surface area (TPSA) is 68.7 Å². The minimum atomic E-state index is -0.369. The average Bonchev–Trinajstić information content (AvgIpc) is 3.12. The number of nitrogens with zero attached hydrogens (tertiary/aromatic N) is 1. The first-order valence-corrected chi connectivity index (χ1v) is 8.64. The number of hydrogen-bond acceptors (Lipinski definition) is 4. The van der Waals surface area contributed by atoms with E-state index >= 15 is 0 Å². The summed E-state index contributed by atoms with van der Waals surface area (Å²) in [6.07, 6.45) is 2.64. The van der Waals surface area contributed by atoms with Gasteiger partial charge in [-0.25, -0.2) is 4.39 Å². The molecule has 1 saturated heterocycles. The summed E-state index contributed by atoms with van der Waals surface area (Å²) >= 11 is 0. The first-order valence-electron chi connectivity index (χ1n) is 8.64. The van der Waals surface area contributed by atoms with Crippen LogP contribution in [0.15, 0.2) is 40.8 Å².